The maximum atomic E-state index is 12.8. The van der Waals surface area contributed by atoms with Crippen LogP contribution in [0.1, 0.15) is 38.8 Å². The van der Waals surface area contributed by atoms with Gasteiger partial charge >= 0.3 is 7.55 Å². The summed E-state index contributed by atoms with van der Waals surface area (Å²) in [6, 6.07) is 29.7. The Bertz CT molecular complexity index is 1560. The molecule has 43 heavy (non-hydrogen) atoms. The molecule has 8 nitrogen and oxygen atoms in total. The highest BCUT2D eigenvalue weighted by Gasteiger charge is 2.36. The molecule has 1 radical (unpaired) electrons. The van der Waals surface area contributed by atoms with E-state index in [9.17, 15) is 9.59 Å². The van der Waals surface area contributed by atoms with Crippen molar-refractivity contribution in [2.45, 2.75) is 19.9 Å². The lowest BCUT2D eigenvalue weighted by Gasteiger charge is -2.32. The normalized spacial score (nSPS) is 11.8. The van der Waals surface area contributed by atoms with E-state index < -0.39 is 0 Å². The number of hydrogen-bond donors (Lipinski definition) is 2. The number of hydrogen-bond acceptors (Lipinski definition) is 4. The van der Waals surface area contributed by atoms with Gasteiger partial charge in [-0.25, -0.2) is 0 Å². The first kappa shape index (κ1) is 31.3. The molecule has 0 fully saturated rings. The number of nitrogens with one attached hydrogen (secondary N) is 2. The standard InChI is InChI=1S/C34H40BN6O2/c1-7-25-8-12-27(13-9-25)33(42)36-29-16-20-31(21-17-29)38-39-32-22-18-30(19-23-32)37-34(43)28-14-10-26(11-15-28)24-41(5,6)35-40(2,3)4/h8-23H,7,24H2,1-6H3,(H,36,42)(H,37,43)/q+2. The number of rotatable bonds is 11. The summed E-state index contributed by atoms with van der Waals surface area (Å²) in [5.74, 6) is -0.327. The van der Waals surface area contributed by atoms with Crippen molar-refractivity contribution in [3.05, 3.63) is 119 Å². The van der Waals surface area contributed by atoms with Crippen LogP contribution in [0.5, 0.6) is 0 Å². The Labute approximate surface area is 255 Å². The summed E-state index contributed by atoms with van der Waals surface area (Å²) in [5, 5.41) is 14.4. The maximum absolute atomic E-state index is 12.8. The summed E-state index contributed by atoms with van der Waals surface area (Å²) >= 11 is 0. The van der Waals surface area contributed by atoms with Gasteiger partial charge in [0.2, 0.25) is 0 Å². The topological polar surface area (TPSA) is 82.9 Å². The lowest BCUT2D eigenvalue weighted by molar-refractivity contribution is -0.888. The number of benzene rings is 4. The minimum Gasteiger partial charge on any atom is -0.337 e. The Balaban J connectivity index is 1.28. The largest absolute Gasteiger partial charge is 0.791 e. The summed E-state index contributed by atoms with van der Waals surface area (Å²) < 4.78 is 1.49. The number of azo groups is 1. The Morgan fingerprint density at radius 2 is 1.00 bits per heavy atom. The van der Waals surface area contributed by atoms with E-state index >= 15 is 0 Å². The van der Waals surface area contributed by atoms with Gasteiger partial charge < -0.3 is 19.4 Å². The first-order chi connectivity index (χ1) is 20.4. The molecule has 0 atom stereocenters. The second kappa shape index (κ2) is 13.6. The number of quaternary nitrogens is 2. The monoisotopic (exact) mass is 575 g/mol. The quantitative estimate of drug-likeness (QED) is 0.149. The van der Waals surface area contributed by atoms with Crippen molar-refractivity contribution >= 4 is 42.1 Å². The first-order valence-corrected chi connectivity index (χ1v) is 14.3. The van der Waals surface area contributed by atoms with Gasteiger partial charge in [-0.1, -0.05) is 31.2 Å². The van der Waals surface area contributed by atoms with E-state index in [1.165, 1.54) is 5.56 Å². The van der Waals surface area contributed by atoms with Crippen molar-refractivity contribution in [1.29, 1.82) is 0 Å². The van der Waals surface area contributed by atoms with E-state index in [2.05, 4.69) is 70.6 Å². The lowest BCUT2D eigenvalue weighted by atomic mass is 9.97. The second-order valence-corrected chi connectivity index (χ2v) is 12.1. The summed E-state index contributed by atoms with van der Waals surface area (Å²) in [6.07, 6.45) is 0.934. The highest BCUT2D eigenvalue weighted by atomic mass is 16.2. The minimum atomic E-state index is -0.169. The zero-order valence-corrected chi connectivity index (χ0v) is 25.8. The molecule has 0 spiro atoms. The molecule has 9 heteroatoms. The average molecular weight is 576 g/mol. The predicted octanol–water partition coefficient (Wildman–Crippen LogP) is 6.99. The summed E-state index contributed by atoms with van der Waals surface area (Å²) in [6.45, 7) is 2.92. The van der Waals surface area contributed by atoms with E-state index in [1.54, 1.807) is 48.5 Å². The first-order valence-electron chi connectivity index (χ1n) is 14.3. The van der Waals surface area contributed by atoms with Crippen molar-refractivity contribution in [3.63, 3.8) is 0 Å². The number of amides is 2. The number of nitrogens with zero attached hydrogens (tertiary/aromatic N) is 4. The second-order valence-electron chi connectivity index (χ2n) is 12.1. The van der Waals surface area contributed by atoms with Gasteiger partial charge in [-0.2, -0.15) is 10.2 Å². The number of carbonyl (C=O) groups is 2. The molecular formula is C34H40BN6O2+2. The Kier molecular flexibility index (Phi) is 9.90. The molecule has 0 aromatic heterocycles. The van der Waals surface area contributed by atoms with Crippen LogP contribution in [-0.2, 0) is 13.0 Å². The van der Waals surface area contributed by atoms with Gasteiger partial charge in [0.25, 0.3) is 11.8 Å². The van der Waals surface area contributed by atoms with Crippen LogP contribution >= 0.6 is 0 Å². The molecule has 219 valence electrons. The van der Waals surface area contributed by atoms with E-state index in [4.69, 9.17) is 0 Å². The van der Waals surface area contributed by atoms with Crippen molar-refractivity contribution < 1.29 is 18.4 Å². The maximum Gasteiger partial charge on any atom is 0.791 e. The van der Waals surface area contributed by atoms with Crippen LogP contribution in [0.25, 0.3) is 0 Å². The van der Waals surface area contributed by atoms with Gasteiger partial charge in [-0.15, -0.1) is 0 Å². The predicted molar refractivity (Wildman–Crippen MR) is 175 cm³/mol. The van der Waals surface area contributed by atoms with E-state index in [1.807, 2.05) is 48.5 Å². The average Bonchev–Trinajstić information content (AvgIpc) is 2.96. The van der Waals surface area contributed by atoms with Crippen LogP contribution in [0.3, 0.4) is 0 Å². The van der Waals surface area contributed by atoms with Crippen LogP contribution in [-0.4, -0.2) is 63.4 Å². The van der Waals surface area contributed by atoms with Gasteiger partial charge in [0.05, 0.1) is 53.2 Å². The van der Waals surface area contributed by atoms with Crippen molar-refractivity contribution in [2.24, 2.45) is 10.2 Å². The Morgan fingerprint density at radius 1 is 0.605 bits per heavy atom. The number of anilines is 2. The smallest absolute Gasteiger partial charge is 0.337 e. The highest BCUT2D eigenvalue weighted by molar-refractivity contribution is 6.16. The highest BCUT2D eigenvalue weighted by Crippen LogP contribution is 2.23. The molecule has 0 aliphatic heterocycles. The minimum absolute atomic E-state index is 0.158. The Hall–Kier alpha value is -4.60. The fourth-order valence-corrected chi connectivity index (χ4v) is 4.85. The van der Waals surface area contributed by atoms with Crippen molar-refractivity contribution in [1.82, 2.24) is 0 Å². The fourth-order valence-electron chi connectivity index (χ4n) is 4.85. The third-order valence-electron chi connectivity index (χ3n) is 6.62. The molecule has 0 unspecified atom stereocenters. The molecule has 0 heterocycles. The summed E-state index contributed by atoms with van der Waals surface area (Å²) in [4.78, 5) is 25.3. The molecule has 4 rings (SSSR count). The SMILES string of the molecule is CCc1ccc(C(=O)Nc2ccc(N=Nc3ccc(NC(=O)c4ccc(C[N+](C)(C)[B][N+](C)(C)C)cc4)cc3)cc2)cc1. The van der Waals surface area contributed by atoms with Gasteiger partial charge in [0, 0.05) is 28.1 Å². The molecule has 0 aliphatic carbocycles. The zero-order valence-electron chi connectivity index (χ0n) is 25.8. The lowest BCUT2D eigenvalue weighted by Crippen LogP contribution is -2.56. The van der Waals surface area contributed by atoms with E-state index in [-0.39, 0.29) is 11.8 Å². The van der Waals surface area contributed by atoms with Gasteiger partial charge in [0.15, 0.2) is 0 Å². The van der Waals surface area contributed by atoms with Crippen LogP contribution in [0.2, 0.25) is 0 Å². The molecule has 2 N–H and O–H groups in total. The third-order valence-corrected chi connectivity index (χ3v) is 6.62. The third kappa shape index (κ3) is 9.73. The summed E-state index contributed by atoms with van der Waals surface area (Å²) in [7, 11) is 13.0. The number of aryl methyl sites for hydroxylation is 1. The summed E-state index contributed by atoms with van der Waals surface area (Å²) in [5.41, 5.74) is 6.23. The van der Waals surface area contributed by atoms with Crippen molar-refractivity contribution in [3.8, 4) is 0 Å². The molecule has 0 aliphatic rings. The molecule has 4 aromatic carbocycles. The molecule has 0 saturated heterocycles. The Morgan fingerprint density at radius 3 is 1.37 bits per heavy atom. The van der Waals surface area contributed by atoms with Crippen LogP contribution in [0, 0.1) is 0 Å². The van der Waals surface area contributed by atoms with Crippen molar-refractivity contribution in [2.75, 3.05) is 45.9 Å². The van der Waals surface area contributed by atoms with Crippen LogP contribution < -0.4 is 10.6 Å². The van der Waals surface area contributed by atoms with Gasteiger partial charge in [-0.3, -0.25) is 9.59 Å². The van der Waals surface area contributed by atoms with E-state index in [0.29, 0.717) is 33.9 Å². The van der Waals surface area contributed by atoms with Gasteiger partial charge in [0.1, 0.15) is 0 Å². The molecule has 0 bridgehead atoms. The van der Waals surface area contributed by atoms with Gasteiger partial charge in [-0.05, 0) is 84.8 Å². The van der Waals surface area contributed by atoms with Crippen LogP contribution in [0.15, 0.2) is 107 Å². The number of carbonyl (C=O) groups excluding carboxylic acids is 2. The molecule has 0 saturated carbocycles. The molecular weight excluding hydrogens is 535 g/mol. The fraction of sp³-hybridized carbons (Fsp3) is 0.235. The zero-order chi connectivity index (χ0) is 31.0. The molecule has 4 aromatic rings. The molecule has 2 amide bonds. The van der Waals surface area contributed by atoms with E-state index in [0.717, 1.165) is 27.3 Å². The van der Waals surface area contributed by atoms with Crippen LogP contribution in [0.4, 0.5) is 22.7 Å².